The lowest BCUT2D eigenvalue weighted by molar-refractivity contribution is -0.137. The number of phenols is 1. The van der Waals surface area contributed by atoms with E-state index in [-0.39, 0.29) is 46.0 Å². The lowest BCUT2D eigenvalue weighted by Gasteiger charge is -2.15. The normalized spacial score (nSPS) is 15.5. The SMILES string of the molecule is O=C(CCCN1C(=O)/C(=C/c2cc(Cl)ccc2O)SC1=S)Nc1ccccc1C(F)(F)F. The Morgan fingerprint density at radius 1 is 1.25 bits per heavy atom. The quantitative estimate of drug-likeness (QED) is 0.394. The molecular formula is C21H16ClF3N2O3S2. The number of carbonyl (C=O) groups excluding carboxylic acids is 2. The van der Waals surface area contributed by atoms with Crippen LogP contribution >= 0.6 is 35.6 Å². The van der Waals surface area contributed by atoms with Crippen LogP contribution < -0.4 is 5.32 Å². The van der Waals surface area contributed by atoms with Crippen LogP contribution in [0, 0.1) is 0 Å². The van der Waals surface area contributed by atoms with Crippen molar-refractivity contribution in [3.8, 4) is 5.75 Å². The zero-order chi connectivity index (χ0) is 23.5. The van der Waals surface area contributed by atoms with Gasteiger partial charge in [0.25, 0.3) is 5.91 Å². The van der Waals surface area contributed by atoms with Crippen LogP contribution in [0.1, 0.15) is 24.0 Å². The van der Waals surface area contributed by atoms with E-state index >= 15 is 0 Å². The number of para-hydroxylation sites is 1. The highest BCUT2D eigenvalue weighted by atomic mass is 35.5. The first kappa shape index (κ1) is 24.1. The zero-order valence-corrected chi connectivity index (χ0v) is 18.7. The number of anilines is 1. The Labute approximate surface area is 196 Å². The highest BCUT2D eigenvalue weighted by Gasteiger charge is 2.34. The molecule has 1 saturated heterocycles. The van der Waals surface area contributed by atoms with E-state index in [9.17, 15) is 27.9 Å². The minimum Gasteiger partial charge on any atom is -0.507 e. The number of benzene rings is 2. The molecule has 32 heavy (non-hydrogen) atoms. The third-order valence-corrected chi connectivity index (χ3v) is 6.05. The molecule has 2 amide bonds. The highest BCUT2D eigenvalue weighted by Crippen LogP contribution is 2.36. The number of nitrogens with zero attached hydrogens (tertiary/aromatic N) is 1. The third-order valence-electron chi connectivity index (χ3n) is 4.44. The van der Waals surface area contributed by atoms with Gasteiger partial charge in [0.2, 0.25) is 5.91 Å². The number of amides is 2. The number of thiocarbonyl (C=S) groups is 1. The first-order chi connectivity index (χ1) is 15.1. The van der Waals surface area contributed by atoms with Gasteiger partial charge >= 0.3 is 6.18 Å². The fourth-order valence-electron chi connectivity index (χ4n) is 2.92. The average Bonchev–Trinajstić information content (AvgIpc) is 2.97. The van der Waals surface area contributed by atoms with E-state index in [4.69, 9.17) is 23.8 Å². The largest absolute Gasteiger partial charge is 0.507 e. The van der Waals surface area contributed by atoms with Crippen LogP contribution in [-0.2, 0) is 15.8 Å². The Kier molecular flexibility index (Phi) is 7.47. The molecule has 1 fully saturated rings. The molecule has 0 saturated carbocycles. The number of alkyl halides is 3. The maximum Gasteiger partial charge on any atom is 0.418 e. The molecule has 0 aromatic heterocycles. The van der Waals surface area contributed by atoms with Crippen LogP contribution in [0.3, 0.4) is 0 Å². The molecule has 0 atom stereocenters. The van der Waals surface area contributed by atoms with Crippen LogP contribution in [0.2, 0.25) is 5.02 Å². The summed E-state index contributed by atoms with van der Waals surface area (Å²) in [5.74, 6) is -1.04. The predicted octanol–water partition coefficient (Wildman–Crippen LogP) is 5.68. The number of rotatable bonds is 6. The van der Waals surface area contributed by atoms with E-state index in [0.29, 0.717) is 10.6 Å². The molecule has 1 aliphatic rings. The highest BCUT2D eigenvalue weighted by molar-refractivity contribution is 8.26. The first-order valence-corrected chi connectivity index (χ1v) is 10.9. The van der Waals surface area contributed by atoms with Gasteiger partial charge in [-0.25, -0.2) is 0 Å². The Morgan fingerprint density at radius 3 is 2.69 bits per heavy atom. The molecule has 5 nitrogen and oxygen atoms in total. The Balaban J connectivity index is 1.59. The number of thioether (sulfide) groups is 1. The first-order valence-electron chi connectivity index (χ1n) is 9.26. The van der Waals surface area contributed by atoms with Gasteiger partial charge in [0, 0.05) is 23.6 Å². The molecule has 2 N–H and O–H groups in total. The lowest BCUT2D eigenvalue weighted by atomic mass is 10.1. The zero-order valence-electron chi connectivity index (χ0n) is 16.3. The number of carbonyl (C=O) groups is 2. The summed E-state index contributed by atoms with van der Waals surface area (Å²) in [6.07, 6.45) is -3.02. The summed E-state index contributed by atoms with van der Waals surface area (Å²) in [5, 5.41) is 12.6. The second kappa shape index (κ2) is 9.93. The smallest absolute Gasteiger partial charge is 0.418 e. The van der Waals surface area contributed by atoms with E-state index in [2.05, 4.69) is 5.32 Å². The van der Waals surface area contributed by atoms with E-state index in [1.807, 2.05) is 0 Å². The molecule has 0 aliphatic carbocycles. The van der Waals surface area contributed by atoms with E-state index in [1.165, 1.54) is 47.4 Å². The molecule has 3 rings (SSSR count). The summed E-state index contributed by atoms with van der Waals surface area (Å²) < 4.78 is 39.4. The number of hydrogen-bond acceptors (Lipinski definition) is 5. The number of nitrogens with one attached hydrogen (secondary N) is 1. The van der Waals surface area contributed by atoms with Crippen molar-refractivity contribution in [1.29, 1.82) is 0 Å². The third kappa shape index (κ3) is 5.81. The molecule has 0 radical (unpaired) electrons. The summed E-state index contributed by atoms with van der Waals surface area (Å²) in [4.78, 5) is 26.4. The summed E-state index contributed by atoms with van der Waals surface area (Å²) in [5.41, 5.74) is -0.889. The fraction of sp³-hybridized carbons (Fsp3) is 0.190. The number of phenolic OH excluding ortho intramolecular Hbond substituents is 1. The Morgan fingerprint density at radius 2 is 1.97 bits per heavy atom. The van der Waals surface area contributed by atoms with E-state index < -0.39 is 17.6 Å². The monoisotopic (exact) mass is 500 g/mol. The van der Waals surface area contributed by atoms with Crippen molar-refractivity contribution < 1.29 is 27.9 Å². The van der Waals surface area contributed by atoms with Crippen molar-refractivity contribution in [2.45, 2.75) is 19.0 Å². The number of halogens is 4. The van der Waals surface area contributed by atoms with Crippen LogP contribution in [0.4, 0.5) is 18.9 Å². The van der Waals surface area contributed by atoms with Crippen molar-refractivity contribution in [2.24, 2.45) is 0 Å². The van der Waals surface area contributed by atoms with Crippen LogP contribution in [-0.4, -0.2) is 32.7 Å². The van der Waals surface area contributed by atoms with Crippen molar-refractivity contribution in [3.05, 3.63) is 63.5 Å². The second-order valence-electron chi connectivity index (χ2n) is 6.73. The molecule has 0 spiro atoms. The van der Waals surface area contributed by atoms with E-state index in [0.717, 1.165) is 17.8 Å². The number of hydrogen-bond donors (Lipinski definition) is 2. The van der Waals surface area contributed by atoms with Crippen molar-refractivity contribution in [3.63, 3.8) is 0 Å². The van der Waals surface area contributed by atoms with Gasteiger partial charge in [0.15, 0.2) is 0 Å². The summed E-state index contributed by atoms with van der Waals surface area (Å²) >= 11 is 12.2. The molecule has 168 valence electrons. The minimum absolute atomic E-state index is 0.0459. The Bertz CT molecular complexity index is 1110. The molecular weight excluding hydrogens is 485 g/mol. The van der Waals surface area contributed by atoms with Crippen LogP contribution in [0.15, 0.2) is 47.4 Å². The van der Waals surface area contributed by atoms with Gasteiger partial charge in [-0.15, -0.1) is 0 Å². The Hall–Kier alpha value is -2.56. The maximum absolute atomic E-state index is 13.0. The molecule has 2 aromatic rings. The molecule has 1 heterocycles. The van der Waals surface area contributed by atoms with Crippen molar-refractivity contribution in [1.82, 2.24) is 4.90 Å². The molecule has 2 aromatic carbocycles. The summed E-state index contributed by atoms with van der Waals surface area (Å²) in [6.45, 7) is 0.123. The standard InChI is InChI=1S/C21H16ClF3N2O3S2/c22-13-7-8-16(28)12(10-13)11-17-19(30)27(20(31)32-17)9-3-6-18(29)26-15-5-2-1-4-14(15)21(23,24)25/h1-2,4-5,7-8,10-11,28H,3,6,9H2,(H,26,29)/b17-11-. The summed E-state index contributed by atoms with van der Waals surface area (Å²) in [6, 6.07) is 9.13. The van der Waals surface area contributed by atoms with E-state index in [1.54, 1.807) is 0 Å². The number of aromatic hydroxyl groups is 1. The second-order valence-corrected chi connectivity index (χ2v) is 8.84. The van der Waals surface area contributed by atoms with Crippen molar-refractivity contribution in [2.75, 3.05) is 11.9 Å². The van der Waals surface area contributed by atoms with Gasteiger partial charge in [-0.2, -0.15) is 13.2 Å². The maximum atomic E-state index is 13.0. The van der Waals surface area contributed by atoms with Gasteiger partial charge < -0.3 is 10.4 Å². The van der Waals surface area contributed by atoms with Gasteiger partial charge in [0.05, 0.1) is 16.2 Å². The van der Waals surface area contributed by atoms with Gasteiger partial charge in [-0.05, 0) is 42.8 Å². The van der Waals surface area contributed by atoms with Crippen molar-refractivity contribution >= 4 is 63.5 Å². The minimum atomic E-state index is -4.59. The molecule has 11 heteroatoms. The molecule has 0 unspecified atom stereocenters. The molecule has 1 aliphatic heterocycles. The molecule has 0 bridgehead atoms. The average molecular weight is 501 g/mol. The van der Waals surface area contributed by atoms with Gasteiger partial charge in [-0.1, -0.05) is 47.7 Å². The van der Waals surface area contributed by atoms with Crippen LogP contribution in [0.5, 0.6) is 5.75 Å². The summed E-state index contributed by atoms with van der Waals surface area (Å²) in [7, 11) is 0. The van der Waals surface area contributed by atoms with Gasteiger partial charge in [0.1, 0.15) is 10.1 Å². The topological polar surface area (TPSA) is 69.6 Å². The fourth-order valence-corrected chi connectivity index (χ4v) is 4.40. The lowest BCUT2D eigenvalue weighted by Crippen LogP contribution is -2.29. The predicted molar refractivity (Wildman–Crippen MR) is 122 cm³/mol. The van der Waals surface area contributed by atoms with Gasteiger partial charge in [-0.3, -0.25) is 14.5 Å². The van der Waals surface area contributed by atoms with Crippen LogP contribution in [0.25, 0.3) is 6.08 Å².